The van der Waals surface area contributed by atoms with Crippen molar-refractivity contribution in [2.75, 3.05) is 13.3 Å². The van der Waals surface area contributed by atoms with Crippen LogP contribution in [0.5, 0.6) is 0 Å². The van der Waals surface area contributed by atoms with E-state index in [2.05, 4.69) is 9.88 Å². The Morgan fingerprint density at radius 1 is 1.19 bits per heavy atom. The molecule has 1 atom stereocenters. The summed E-state index contributed by atoms with van der Waals surface area (Å²) in [5.41, 5.74) is 2.22. The van der Waals surface area contributed by atoms with E-state index in [9.17, 15) is 22.4 Å². The van der Waals surface area contributed by atoms with E-state index in [1.165, 1.54) is 23.9 Å². The Labute approximate surface area is 210 Å². The van der Waals surface area contributed by atoms with Crippen LogP contribution in [-0.2, 0) is 27.7 Å². The normalized spacial score (nSPS) is 15.8. The third-order valence-electron chi connectivity index (χ3n) is 7.36. The molecule has 0 unspecified atom stereocenters. The maximum atomic E-state index is 14.8. The van der Waals surface area contributed by atoms with Crippen LogP contribution in [0.25, 0.3) is 22.0 Å². The van der Waals surface area contributed by atoms with Crippen molar-refractivity contribution < 1.29 is 17.6 Å². The van der Waals surface area contributed by atoms with Gasteiger partial charge in [0.15, 0.2) is 15.6 Å². The standard InChI is InChI=1S/C27H32FN3O4S/c1-5-25(32)27(2,36(4,34)35)12-13-31-17-29-24-15-19(8-11-22(24)26(31)33)18-6-7-20(23(28)14-18)16-30(3)21-9-10-21/h6-8,11,14-15,17,21H,5,9-10,12-13,16H2,1-4H3/t27-/m1/s1. The predicted molar refractivity (Wildman–Crippen MR) is 139 cm³/mol. The number of Topliss-reactive ketones (excluding diaryl/α,β-unsaturated/α-hetero) is 1. The van der Waals surface area contributed by atoms with Crippen LogP contribution >= 0.6 is 0 Å². The monoisotopic (exact) mass is 513 g/mol. The first-order valence-electron chi connectivity index (χ1n) is 12.2. The lowest BCUT2D eigenvalue weighted by Gasteiger charge is -2.26. The van der Waals surface area contributed by atoms with Crippen LogP contribution in [0, 0.1) is 5.82 Å². The highest BCUT2D eigenvalue weighted by Gasteiger charge is 2.41. The Morgan fingerprint density at radius 3 is 2.47 bits per heavy atom. The first kappa shape index (κ1) is 26.2. The summed E-state index contributed by atoms with van der Waals surface area (Å²) < 4.78 is 39.2. The molecule has 0 aliphatic heterocycles. The molecule has 0 saturated heterocycles. The molecule has 0 radical (unpaired) electrons. The van der Waals surface area contributed by atoms with Crippen molar-refractivity contribution in [2.24, 2.45) is 0 Å². The Hall–Kier alpha value is -2.91. The van der Waals surface area contributed by atoms with E-state index in [0.29, 0.717) is 34.6 Å². The highest BCUT2D eigenvalue weighted by molar-refractivity contribution is 7.92. The Balaban J connectivity index is 1.58. The van der Waals surface area contributed by atoms with Crippen molar-refractivity contribution >= 4 is 26.5 Å². The molecule has 1 aliphatic rings. The van der Waals surface area contributed by atoms with Gasteiger partial charge >= 0.3 is 0 Å². The van der Waals surface area contributed by atoms with Crippen LogP contribution in [0.15, 0.2) is 47.5 Å². The van der Waals surface area contributed by atoms with Crippen LogP contribution in [0.2, 0.25) is 0 Å². The fraction of sp³-hybridized carbons (Fsp3) is 0.444. The van der Waals surface area contributed by atoms with Gasteiger partial charge in [0.2, 0.25) is 0 Å². The molecular formula is C27H32FN3O4S. The molecule has 36 heavy (non-hydrogen) atoms. The van der Waals surface area contributed by atoms with Gasteiger partial charge in [0.05, 0.1) is 17.2 Å². The van der Waals surface area contributed by atoms with Crippen molar-refractivity contribution in [1.29, 1.82) is 0 Å². The number of benzene rings is 2. The molecule has 192 valence electrons. The summed E-state index contributed by atoms with van der Waals surface area (Å²) in [6.45, 7) is 3.64. The molecule has 0 bridgehead atoms. The fourth-order valence-electron chi connectivity index (χ4n) is 4.50. The fourth-order valence-corrected chi connectivity index (χ4v) is 5.52. The van der Waals surface area contributed by atoms with Gasteiger partial charge in [-0.2, -0.15) is 0 Å². The Kier molecular flexibility index (Phi) is 7.16. The lowest BCUT2D eigenvalue weighted by molar-refractivity contribution is -0.121. The summed E-state index contributed by atoms with van der Waals surface area (Å²) in [5.74, 6) is -0.645. The molecule has 3 aromatic rings. The first-order valence-corrected chi connectivity index (χ1v) is 14.0. The van der Waals surface area contributed by atoms with Gasteiger partial charge in [-0.1, -0.05) is 25.1 Å². The number of carbonyl (C=O) groups is 1. The molecule has 1 heterocycles. The van der Waals surface area contributed by atoms with Crippen LogP contribution in [0.3, 0.4) is 0 Å². The molecule has 4 rings (SSSR count). The molecule has 1 fully saturated rings. The zero-order valence-corrected chi connectivity index (χ0v) is 21.9. The van der Waals surface area contributed by atoms with Crippen molar-refractivity contribution in [3.05, 3.63) is 64.5 Å². The second kappa shape index (κ2) is 9.86. The van der Waals surface area contributed by atoms with Gasteiger partial charge in [-0.3, -0.25) is 19.1 Å². The summed E-state index contributed by atoms with van der Waals surface area (Å²) in [7, 11) is -1.66. The third-order valence-corrected chi connectivity index (χ3v) is 9.43. The number of hydrogen-bond acceptors (Lipinski definition) is 6. The number of nitrogens with zero attached hydrogens (tertiary/aromatic N) is 3. The Bertz CT molecular complexity index is 1480. The molecule has 0 amide bonds. The summed E-state index contributed by atoms with van der Waals surface area (Å²) in [6, 6.07) is 10.9. The van der Waals surface area contributed by atoms with Crippen LogP contribution in [0.1, 0.15) is 45.1 Å². The number of ketones is 1. The van der Waals surface area contributed by atoms with Crippen LogP contribution < -0.4 is 5.56 Å². The first-order chi connectivity index (χ1) is 16.9. The van der Waals surface area contributed by atoms with Gasteiger partial charge in [-0.15, -0.1) is 0 Å². The van der Waals surface area contributed by atoms with Gasteiger partial charge in [0.1, 0.15) is 10.6 Å². The van der Waals surface area contributed by atoms with Crippen LogP contribution in [0.4, 0.5) is 4.39 Å². The van der Waals surface area contributed by atoms with Crippen molar-refractivity contribution in [1.82, 2.24) is 14.5 Å². The van der Waals surface area contributed by atoms with Gasteiger partial charge in [-0.25, -0.2) is 17.8 Å². The number of aryl methyl sites for hydroxylation is 1. The van der Waals surface area contributed by atoms with Crippen molar-refractivity contribution in [3.8, 4) is 11.1 Å². The summed E-state index contributed by atoms with van der Waals surface area (Å²) in [5, 5.41) is 0.368. The molecular weight excluding hydrogens is 481 g/mol. The summed E-state index contributed by atoms with van der Waals surface area (Å²) in [6.07, 6.45) is 4.81. The van der Waals surface area contributed by atoms with E-state index in [4.69, 9.17) is 0 Å². The van der Waals surface area contributed by atoms with E-state index in [-0.39, 0.29) is 36.5 Å². The highest BCUT2D eigenvalue weighted by Crippen LogP contribution is 2.29. The van der Waals surface area contributed by atoms with E-state index >= 15 is 0 Å². The minimum atomic E-state index is -3.67. The number of carbonyl (C=O) groups excluding carboxylic acids is 1. The smallest absolute Gasteiger partial charge is 0.261 e. The second-order valence-corrected chi connectivity index (χ2v) is 12.4. The maximum absolute atomic E-state index is 14.8. The average Bonchev–Trinajstić information content (AvgIpc) is 3.69. The summed E-state index contributed by atoms with van der Waals surface area (Å²) in [4.78, 5) is 32.0. The molecule has 2 aromatic carbocycles. The number of aromatic nitrogens is 2. The summed E-state index contributed by atoms with van der Waals surface area (Å²) >= 11 is 0. The quantitative estimate of drug-likeness (QED) is 0.408. The SMILES string of the molecule is CCC(=O)[C@@](C)(CCn1cnc2cc(-c3ccc(CN(C)C4CC4)c(F)c3)ccc2c1=O)S(C)(=O)=O. The lowest BCUT2D eigenvalue weighted by Crippen LogP contribution is -2.44. The third kappa shape index (κ3) is 5.13. The number of fused-ring (bicyclic) bond motifs is 1. The van der Waals surface area contributed by atoms with Crippen LogP contribution in [-0.4, -0.2) is 52.7 Å². The number of hydrogen-bond donors (Lipinski definition) is 0. The minimum absolute atomic E-state index is 0.0226. The average molecular weight is 514 g/mol. The highest BCUT2D eigenvalue weighted by atomic mass is 32.2. The van der Waals surface area contributed by atoms with E-state index in [0.717, 1.165) is 24.7 Å². The Morgan fingerprint density at radius 2 is 1.86 bits per heavy atom. The zero-order chi connectivity index (χ0) is 26.3. The van der Waals surface area contributed by atoms with Gasteiger partial charge in [-0.05, 0) is 62.6 Å². The van der Waals surface area contributed by atoms with Gasteiger partial charge in [0.25, 0.3) is 5.56 Å². The molecule has 1 aromatic heterocycles. The van der Waals surface area contributed by atoms with E-state index in [1.807, 2.05) is 13.1 Å². The number of rotatable bonds is 10. The van der Waals surface area contributed by atoms with Gasteiger partial charge < -0.3 is 0 Å². The lowest BCUT2D eigenvalue weighted by atomic mass is 9.99. The number of halogens is 1. The molecule has 1 saturated carbocycles. The van der Waals surface area contributed by atoms with Crippen molar-refractivity contribution in [3.63, 3.8) is 0 Å². The van der Waals surface area contributed by atoms with Crippen molar-refractivity contribution in [2.45, 2.75) is 63.4 Å². The molecule has 7 nitrogen and oxygen atoms in total. The molecule has 1 aliphatic carbocycles. The predicted octanol–water partition coefficient (Wildman–Crippen LogP) is 3.97. The second-order valence-electron chi connectivity index (χ2n) is 9.96. The number of sulfone groups is 1. The largest absolute Gasteiger partial charge is 0.299 e. The maximum Gasteiger partial charge on any atom is 0.261 e. The molecule has 9 heteroatoms. The molecule has 0 spiro atoms. The van der Waals surface area contributed by atoms with E-state index < -0.39 is 14.6 Å². The molecule has 0 N–H and O–H groups in total. The van der Waals surface area contributed by atoms with E-state index in [1.54, 1.807) is 31.2 Å². The zero-order valence-electron chi connectivity index (χ0n) is 21.1. The topological polar surface area (TPSA) is 89.3 Å². The van der Waals surface area contributed by atoms with Gasteiger partial charge in [0, 0.05) is 37.4 Å². The minimum Gasteiger partial charge on any atom is -0.299 e.